The van der Waals surface area contributed by atoms with Crippen molar-refractivity contribution in [2.24, 2.45) is 0 Å². The number of hydrogen-bond donors (Lipinski definition) is 1. The van der Waals surface area contributed by atoms with E-state index in [1.165, 1.54) is 25.2 Å². The summed E-state index contributed by atoms with van der Waals surface area (Å²) in [6, 6.07) is 0.447. The van der Waals surface area contributed by atoms with Crippen molar-refractivity contribution >= 4 is 11.6 Å². The Morgan fingerprint density at radius 1 is 1.50 bits per heavy atom. The van der Waals surface area contributed by atoms with Gasteiger partial charge in [0.1, 0.15) is 12.4 Å². The maximum absolute atomic E-state index is 10.5. The fraction of sp³-hybridized carbons (Fsp3) is 0.636. The minimum atomic E-state index is -0.494. The molecule has 1 fully saturated rings. The molecule has 0 aliphatic carbocycles. The summed E-state index contributed by atoms with van der Waals surface area (Å²) in [5.74, 6) is 0.521. The van der Waals surface area contributed by atoms with Gasteiger partial charge in [-0.2, -0.15) is 0 Å². The van der Waals surface area contributed by atoms with Crippen LogP contribution < -0.4 is 10.2 Å². The first-order chi connectivity index (χ1) is 8.66. The van der Waals surface area contributed by atoms with E-state index >= 15 is 0 Å². The van der Waals surface area contributed by atoms with Gasteiger partial charge in [-0.25, -0.2) is 9.97 Å². The summed E-state index contributed by atoms with van der Waals surface area (Å²) in [4.78, 5) is 20.0. The van der Waals surface area contributed by atoms with Gasteiger partial charge in [0.05, 0.1) is 4.92 Å². The lowest BCUT2D eigenvalue weighted by Crippen LogP contribution is -2.42. The number of nitrogens with zero attached hydrogens (tertiary/aromatic N) is 4. The van der Waals surface area contributed by atoms with Crippen LogP contribution in [0, 0.1) is 10.1 Å². The summed E-state index contributed by atoms with van der Waals surface area (Å²) in [5, 5.41) is 13.9. The average molecular weight is 251 g/mol. The van der Waals surface area contributed by atoms with E-state index in [4.69, 9.17) is 0 Å². The predicted molar refractivity (Wildman–Crippen MR) is 67.6 cm³/mol. The first-order valence-electron chi connectivity index (χ1n) is 6.08. The lowest BCUT2D eigenvalue weighted by Gasteiger charge is -2.28. The average Bonchev–Trinajstić information content (AvgIpc) is 2.40. The van der Waals surface area contributed by atoms with E-state index in [2.05, 4.69) is 15.3 Å². The van der Waals surface area contributed by atoms with Gasteiger partial charge in [-0.3, -0.25) is 10.1 Å². The second-order valence-corrected chi connectivity index (χ2v) is 4.53. The third kappa shape index (κ3) is 3.13. The molecular formula is C11H17N5O2. The Balaban J connectivity index is 1.95. The van der Waals surface area contributed by atoms with Gasteiger partial charge in [-0.15, -0.1) is 0 Å². The highest BCUT2D eigenvalue weighted by Gasteiger charge is 2.16. The number of piperidine rings is 1. The van der Waals surface area contributed by atoms with Crippen LogP contribution >= 0.6 is 0 Å². The van der Waals surface area contributed by atoms with Crippen LogP contribution in [-0.4, -0.2) is 41.1 Å². The summed E-state index contributed by atoms with van der Waals surface area (Å²) in [6.45, 7) is 1.87. The number of rotatable bonds is 4. The minimum Gasteiger partial charge on any atom is -0.342 e. The second kappa shape index (κ2) is 5.72. The lowest BCUT2D eigenvalue weighted by atomic mass is 10.0. The number of nitro groups is 1. The smallest absolute Gasteiger partial charge is 0.305 e. The zero-order chi connectivity index (χ0) is 13.0. The molecule has 1 atom stereocenters. The Morgan fingerprint density at radius 3 is 2.78 bits per heavy atom. The number of likely N-dealkylation sites (N-methyl/N-ethyl adjacent to an activating group) is 1. The number of nitrogens with one attached hydrogen (secondary N) is 1. The molecule has 0 bridgehead atoms. The van der Waals surface area contributed by atoms with Crippen LogP contribution in [0.1, 0.15) is 19.3 Å². The van der Waals surface area contributed by atoms with Crippen LogP contribution in [0.25, 0.3) is 0 Å². The molecule has 98 valence electrons. The van der Waals surface area contributed by atoms with Crippen LogP contribution in [0.5, 0.6) is 0 Å². The Morgan fingerprint density at radius 2 is 2.22 bits per heavy atom. The molecule has 1 aliphatic rings. The quantitative estimate of drug-likeness (QED) is 0.634. The van der Waals surface area contributed by atoms with Crippen molar-refractivity contribution in [3.8, 4) is 0 Å². The highest BCUT2D eigenvalue weighted by atomic mass is 16.6. The summed E-state index contributed by atoms with van der Waals surface area (Å²) in [5.41, 5.74) is -0.0806. The van der Waals surface area contributed by atoms with Gasteiger partial charge >= 0.3 is 5.69 Å². The molecule has 18 heavy (non-hydrogen) atoms. The molecule has 0 aromatic carbocycles. The van der Waals surface area contributed by atoms with E-state index in [1.54, 1.807) is 0 Å². The van der Waals surface area contributed by atoms with E-state index in [0.29, 0.717) is 12.0 Å². The van der Waals surface area contributed by atoms with Crippen molar-refractivity contribution in [1.82, 2.24) is 15.3 Å². The Kier molecular flexibility index (Phi) is 4.03. The number of aromatic nitrogens is 2. The van der Waals surface area contributed by atoms with E-state index in [1.807, 2.05) is 11.9 Å². The van der Waals surface area contributed by atoms with Gasteiger partial charge in [-0.05, 0) is 19.4 Å². The molecule has 1 aromatic heterocycles. The lowest BCUT2D eigenvalue weighted by molar-refractivity contribution is -0.385. The third-order valence-corrected chi connectivity index (χ3v) is 3.08. The second-order valence-electron chi connectivity index (χ2n) is 4.53. The molecule has 1 N–H and O–H groups in total. The van der Waals surface area contributed by atoms with Crippen molar-refractivity contribution in [3.63, 3.8) is 0 Å². The fourth-order valence-corrected chi connectivity index (χ4v) is 2.10. The maximum Gasteiger partial charge on any atom is 0.305 e. The van der Waals surface area contributed by atoms with E-state index < -0.39 is 4.92 Å². The number of hydrogen-bond acceptors (Lipinski definition) is 6. The molecule has 1 unspecified atom stereocenters. The highest BCUT2D eigenvalue weighted by Crippen LogP contribution is 2.13. The molecule has 2 rings (SSSR count). The molecule has 0 radical (unpaired) electrons. The Bertz CT molecular complexity index is 402. The largest absolute Gasteiger partial charge is 0.342 e. The standard InChI is InChI=1S/C11H17N5O2/c1-15(8-9-4-2-3-5-12-9)11-13-6-10(7-14-11)16(17)18/h6-7,9,12H,2-5,8H2,1H3. The van der Waals surface area contributed by atoms with Crippen molar-refractivity contribution in [1.29, 1.82) is 0 Å². The van der Waals surface area contributed by atoms with Crippen molar-refractivity contribution in [2.45, 2.75) is 25.3 Å². The third-order valence-electron chi connectivity index (χ3n) is 3.08. The van der Waals surface area contributed by atoms with Crippen LogP contribution in [0.15, 0.2) is 12.4 Å². The van der Waals surface area contributed by atoms with Crippen LogP contribution in [0.3, 0.4) is 0 Å². The molecule has 1 aromatic rings. The van der Waals surface area contributed by atoms with E-state index in [0.717, 1.165) is 19.5 Å². The van der Waals surface area contributed by atoms with E-state index in [-0.39, 0.29) is 5.69 Å². The van der Waals surface area contributed by atoms with Crippen molar-refractivity contribution in [2.75, 3.05) is 25.0 Å². The molecule has 0 amide bonds. The molecule has 2 heterocycles. The first kappa shape index (κ1) is 12.7. The highest BCUT2D eigenvalue weighted by molar-refractivity contribution is 5.33. The van der Waals surface area contributed by atoms with Gasteiger partial charge in [0.15, 0.2) is 0 Å². The van der Waals surface area contributed by atoms with Gasteiger partial charge in [0.25, 0.3) is 0 Å². The normalized spacial score (nSPS) is 19.5. The molecule has 1 saturated heterocycles. The van der Waals surface area contributed by atoms with Gasteiger partial charge in [0.2, 0.25) is 5.95 Å². The fourth-order valence-electron chi connectivity index (χ4n) is 2.10. The van der Waals surface area contributed by atoms with Crippen LogP contribution in [0.4, 0.5) is 11.6 Å². The minimum absolute atomic E-state index is 0.0806. The van der Waals surface area contributed by atoms with Crippen LogP contribution in [-0.2, 0) is 0 Å². The predicted octanol–water partition coefficient (Wildman–Crippen LogP) is 0.963. The van der Waals surface area contributed by atoms with Gasteiger partial charge in [0, 0.05) is 19.6 Å². The van der Waals surface area contributed by atoms with E-state index in [9.17, 15) is 10.1 Å². The SMILES string of the molecule is CN(CC1CCCCN1)c1ncc([N+](=O)[O-])cn1. The molecule has 0 spiro atoms. The summed E-state index contributed by atoms with van der Waals surface area (Å²) in [6.07, 6.45) is 6.11. The molecule has 1 aliphatic heterocycles. The zero-order valence-corrected chi connectivity index (χ0v) is 10.4. The topological polar surface area (TPSA) is 84.2 Å². The molecule has 7 heteroatoms. The van der Waals surface area contributed by atoms with Crippen LogP contribution in [0.2, 0.25) is 0 Å². The summed E-state index contributed by atoms with van der Waals surface area (Å²) >= 11 is 0. The first-order valence-corrected chi connectivity index (χ1v) is 6.08. The van der Waals surface area contributed by atoms with Gasteiger partial charge < -0.3 is 10.2 Å². The Hall–Kier alpha value is -1.76. The molecular weight excluding hydrogens is 234 g/mol. The summed E-state index contributed by atoms with van der Waals surface area (Å²) < 4.78 is 0. The summed E-state index contributed by atoms with van der Waals surface area (Å²) in [7, 11) is 1.90. The monoisotopic (exact) mass is 251 g/mol. The number of anilines is 1. The van der Waals surface area contributed by atoms with Crippen molar-refractivity contribution in [3.05, 3.63) is 22.5 Å². The maximum atomic E-state index is 10.5. The van der Waals surface area contributed by atoms with Gasteiger partial charge in [-0.1, -0.05) is 6.42 Å². The molecule has 0 saturated carbocycles. The zero-order valence-electron chi connectivity index (χ0n) is 10.4. The van der Waals surface area contributed by atoms with Crippen molar-refractivity contribution < 1.29 is 4.92 Å². The molecule has 7 nitrogen and oxygen atoms in total. The Labute approximate surface area is 105 Å².